The Balaban J connectivity index is 2.04. The molecule has 3 aliphatic rings. The smallest absolute Gasteiger partial charge is 0.227 e. The van der Waals surface area contributed by atoms with Gasteiger partial charge >= 0.3 is 0 Å². The van der Waals surface area contributed by atoms with Crippen LogP contribution in [-0.2, 0) is 14.3 Å². The number of ketones is 2. The van der Waals surface area contributed by atoms with E-state index in [1.807, 2.05) is 0 Å². The van der Waals surface area contributed by atoms with E-state index in [4.69, 9.17) is 4.74 Å². The Bertz CT molecular complexity index is 728. The molecule has 4 atom stereocenters. The molecule has 0 aromatic rings. The van der Waals surface area contributed by atoms with Crippen LogP contribution in [0, 0.1) is 22.7 Å². The number of hydrogen-bond donors (Lipinski definition) is 1. The second kappa shape index (κ2) is 6.40. The SMILES string of the molecule is C=C1CCC[C@H]2[C@](C)(CC3=C(OC)C(=O)C=C(O)C3=O)[C@@H](C)CC[C@]12C. The number of allylic oxidation sites excluding steroid dienone is 3. The molecule has 0 aromatic carbocycles. The monoisotopic (exact) mass is 358 g/mol. The first-order chi connectivity index (χ1) is 12.1. The lowest BCUT2D eigenvalue weighted by molar-refractivity contribution is -0.120. The standard InChI is InChI=1S/C22H30O4/c1-13-7-6-8-18-21(13,3)10-9-14(2)22(18,4)12-15-19(25)16(23)11-17(24)20(15)26-5/h11,14,18,23H,1,6-10,12H2,2-5H3/t14-,18+,21+,22+/m0/s1. The lowest BCUT2D eigenvalue weighted by Gasteiger charge is -2.59. The zero-order chi connectivity index (χ0) is 19.3. The number of aliphatic hydroxyl groups is 1. The molecule has 0 amide bonds. The van der Waals surface area contributed by atoms with Crippen molar-refractivity contribution in [2.24, 2.45) is 22.7 Å². The van der Waals surface area contributed by atoms with Crippen LogP contribution in [0.15, 0.2) is 35.3 Å². The quantitative estimate of drug-likeness (QED) is 0.588. The average molecular weight is 358 g/mol. The second-order valence-corrected chi connectivity index (χ2v) is 8.82. The molecule has 0 radical (unpaired) electrons. The van der Waals surface area contributed by atoms with Crippen molar-refractivity contribution in [2.45, 2.75) is 59.3 Å². The van der Waals surface area contributed by atoms with Crippen LogP contribution in [0.2, 0.25) is 0 Å². The van der Waals surface area contributed by atoms with Crippen molar-refractivity contribution >= 4 is 11.6 Å². The highest BCUT2D eigenvalue weighted by Gasteiger charge is 2.55. The van der Waals surface area contributed by atoms with Crippen LogP contribution in [0.4, 0.5) is 0 Å². The summed E-state index contributed by atoms with van der Waals surface area (Å²) in [5, 5.41) is 9.92. The van der Waals surface area contributed by atoms with E-state index >= 15 is 0 Å². The van der Waals surface area contributed by atoms with Crippen molar-refractivity contribution in [3.63, 3.8) is 0 Å². The van der Waals surface area contributed by atoms with Gasteiger partial charge in [0.1, 0.15) is 0 Å². The number of Topliss-reactive ketones (excluding diaryl/α,β-unsaturated/α-hetero) is 1. The number of fused-ring (bicyclic) bond motifs is 1. The maximum absolute atomic E-state index is 12.6. The third kappa shape index (κ3) is 2.65. The molecule has 2 saturated carbocycles. The summed E-state index contributed by atoms with van der Waals surface area (Å²) < 4.78 is 5.27. The van der Waals surface area contributed by atoms with Gasteiger partial charge < -0.3 is 9.84 Å². The van der Waals surface area contributed by atoms with Gasteiger partial charge in [0.25, 0.3) is 0 Å². The minimum Gasteiger partial charge on any atom is -0.504 e. The number of methoxy groups -OCH3 is 1. The van der Waals surface area contributed by atoms with Crippen LogP contribution < -0.4 is 0 Å². The van der Waals surface area contributed by atoms with Crippen molar-refractivity contribution in [2.75, 3.05) is 7.11 Å². The van der Waals surface area contributed by atoms with Gasteiger partial charge in [0.2, 0.25) is 11.6 Å². The molecule has 0 aliphatic heterocycles. The molecule has 0 aromatic heterocycles. The van der Waals surface area contributed by atoms with Gasteiger partial charge in [0.05, 0.1) is 12.7 Å². The third-order valence-corrected chi connectivity index (χ3v) is 7.60. The molecular weight excluding hydrogens is 328 g/mol. The van der Waals surface area contributed by atoms with E-state index in [0.29, 0.717) is 23.8 Å². The highest BCUT2D eigenvalue weighted by atomic mass is 16.5. The molecule has 0 heterocycles. The zero-order valence-corrected chi connectivity index (χ0v) is 16.4. The molecule has 2 fully saturated rings. The van der Waals surface area contributed by atoms with Gasteiger partial charge in [0.15, 0.2) is 11.5 Å². The van der Waals surface area contributed by atoms with Gasteiger partial charge in [-0.25, -0.2) is 0 Å². The molecule has 142 valence electrons. The summed E-state index contributed by atoms with van der Waals surface area (Å²) in [6.07, 6.45) is 6.91. The van der Waals surface area contributed by atoms with E-state index in [2.05, 4.69) is 27.4 Å². The van der Waals surface area contributed by atoms with Crippen LogP contribution in [0.3, 0.4) is 0 Å². The van der Waals surface area contributed by atoms with Crippen LogP contribution >= 0.6 is 0 Å². The summed E-state index contributed by atoms with van der Waals surface area (Å²) >= 11 is 0. The summed E-state index contributed by atoms with van der Waals surface area (Å²) in [6, 6.07) is 0. The summed E-state index contributed by atoms with van der Waals surface area (Å²) in [5.41, 5.74) is 1.57. The predicted molar refractivity (Wildman–Crippen MR) is 100 cm³/mol. The van der Waals surface area contributed by atoms with E-state index in [-0.39, 0.29) is 16.6 Å². The van der Waals surface area contributed by atoms with Crippen LogP contribution in [0.1, 0.15) is 59.3 Å². The summed E-state index contributed by atoms with van der Waals surface area (Å²) in [6.45, 7) is 11.2. The number of ether oxygens (including phenoxy) is 1. The molecule has 4 nitrogen and oxygen atoms in total. The Morgan fingerprint density at radius 3 is 2.65 bits per heavy atom. The molecule has 3 aliphatic carbocycles. The molecule has 0 unspecified atom stereocenters. The Morgan fingerprint density at radius 2 is 2.00 bits per heavy atom. The van der Waals surface area contributed by atoms with Crippen molar-refractivity contribution in [3.8, 4) is 0 Å². The largest absolute Gasteiger partial charge is 0.504 e. The molecule has 26 heavy (non-hydrogen) atoms. The molecule has 1 N–H and O–H groups in total. The Morgan fingerprint density at radius 1 is 1.31 bits per heavy atom. The minimum absolute atomic E-state index is 0.0763. The van der Waals surface area contributed by atoms with Gasteiger partial charge in [-0.1, -0.05) is 32.9 Å². The lowest BCUT2D eigenvalue weighted by Crippen LogP contribution is -2.50. The number of aliphatic hydroxyl groups excluding tert-OH is 1. The van der Waals surface area contributed by atoms with E-state index < -0.39 is 17.3 Å². The van der Waals surface area contributed by atoms with Crippen molar-refractivity contribution in [1.82, 2.24) is 0 Å². The molecular formula is C22H30O4. The number of rotatable bonds is 3. The Kier molecular flexibility index (Phi) is 4.66. The number of carbonyl (C=O) groups is 2. The van der Waals surface area contributed by atoms with E-state index in [1.165, 1.54) is 12.7 Å². The van der Waals surface area contributed by atoms with Crippen LogP contribution in [0.5, 0.6) is 0 Å². The number of carbonyl (C=O) groups excluding carboxylic acids is 2. The molecule has 4 heteroatoms. The van der Waals surface area contributed by atoms with Gasteiger partial charge in [-0.05, 0) is 61.2 Å². The summed E-state index contributed by atoms with van der Waals surface area (Å²) in [7, 11) is 1.41. The minimum atomic E-state index is -0.478. The molecule has 3 rings (SSSR count). The summed E-state index contributed by atoms with van der Waals surface area (Å²) in [5.74, 6) is -0.481. The zero-order valence-electron chi connectivity index (χ0n) is 16.4. The highest BCUT2D eigenvalue weighted by Crippen LogP contribution is 2.63. The first-order valence-corrected chi connectivity index (χ1v) is 9.60. The fourth-order valence-electron chi connectivity index (χ4n) is 5.69. The van der Waals surface area contributed by atoms with Crippen molar-refractivity contribution < 1.29 is 19.4 Å². The highest BCUT2D eigenvalue weighted by molar-refractivity contribution is 6.20. The first kappa shape index (κ1) is 18.9. The molecule has 0 bridgehead atoms. The fourth-order valence-corrected chi connectivity index (χ4v) is 5.69. The van der Waals surface area contributed by atoms with E-state index in [0.717, 1.165) is 38.2 Å². The third-order valence-electron chi connectivity index (χ3n) is 7.60. The number of hydrogen-bond acceptors (Lipinski definition) is 4. The second-order valence-electron chi connectivity index (χ2n) is 8.82. The van der Waals surface area contributed by atoms with Crippen molar-refractivity contribution in [1.29, 1.82) is 0 Å². The Labute approximate surface area is 156 Å². The van der Waals surface area contributed by atoms with E-state index in [9.17, 15) is 14.7 Å². The Hall–Kier alpha value is -1.84. The van der Waals surface area contributed by atoms with Crippen LogP contribution in [0.25, 0.3) is 0 Å². The maximum atomic E-state index is 12.6. The summed E-state index contributed by atoms with van der Waals surface area (Å²) in [4.78, 5) is 24.9. The van der Waals surface area contributed by atoms with Gasteiger partial charge in [-0.2, -0.15) is 0 Å². The predicted octanol–water partition coefficient (Wildman–Crippen LogP) is 4.67. The molecule has 0 spiro atoms. The maximum Gasteiger partial charge on any atom is 0.227 e. The lowest BCUT2D eigenvalue weighted by atomic mass is 9.46. The van der Waals surface area contributed by atoms with Crippen molar-refractivity contribution in [3.05, 3.63) is 35.3 Å². The molecule has 0 saturated heterocycles. The first-order valence-electron chi connectivity index (χ1n) is 9.60. The van der Waals surface area contributed by atoms with Gasteiger partial charge in [0, 0.05) is 6.08 Å². The fraction of sp³-hybridized carbons (Fsp3) is 0.636. The van der Waals surface area contributed by atoms with E-state index in [1.54, 1.807) is 0 Å². The topological polar surface area (TPSA) is 63.6 Å². The van der Waals surface area contributed by atoms with Crippen LogP contribution in [-0.4, -0.2) is 23.8 Å². The average Bonchev–Trinajstić information content (AvgIpc) is 2.59. The van der Waals surface area contributed by atoms with Gasteiger partial charge in [-0.3, -0.25) is 9.59 Å². The normalized spacial score (nSPS) is 38.2. The van der Waals surface area contributed by atoms with Gasteiger partial charge in [-0.15, -0.1) is 0 Å².